The predicted octanol–water partition coefficient (Wildman–Crippen LogP) is 2.75. The second-order valence-corrected chi connectivity index (χ2v) is 5.14. The minimum Gasteiger partial charge on any atom is -0.367 e. The average molecular weight is 240 g/mol. The second-order valence-electron chi connectivity index (χ2n) is 5.14. The molecule has 5 heteroatoms. The van der Waals surface area contributed by atoms with Gasteiger partial charge in [-0.25, -0.2) is 9.37 Å². The Hall–Kier alpha value is -1.39. The molecule has 0 bridgehead atoms. The van der Waals surface area contributed by atoms with Gasteiger partial charge in [0.2, 0.25) is 5.95 Å². The van der Waals surface area contributed by atoms with Crippen molar-refractivity contribution < 1.29 is 4.39 Å². The van der Waals surface area contributed by atoms with Crippen LogP contribution in [-0.4, -0.2) is 23.6 Å². The normalized spacial score (nSPS) is 11.7. The summed E-state index contributed by atoms with van der Waals surface area (Å²) in [4.78, 5) is 7.84. The maximum absolute atomic E-state index is 13.5. The van der Waals surface area contributed by atoms with Gasteiger partial charge in [-0.2, -0.15) is 4.98 Å². The number of hydrogen-bond acceptors (Lipinski definition) is 4. The van der Waals surface area contributed by atoms with Crippen LogP contribution in [0.3, 0.4) is 0 Å². The monoisotopic (exact) mass is 240 g/mol. The number of nitrogens with zero attached hydrogens (tertiary/aromatic N) is 2. The minimum absolute atomic E-state index is 0.0806. The highest BCUT2D eigenvalue weighted by Crippen LogP contribution is 2.26. The zero-order valence-corrected chi connectivity index (χ0v) is 11.1. The lowest BCUT2D eigenvalue weighted by molar-refractivity contribution is 0.269. The van der Waals surface area contributed by atoms with Gasteiger partial charge in [-0.1, -0.05) is 27.7 Å². The fourth-order valence-electron chi connectivity index (χ4n) is 1.13. The molecule has 2 N–H and O–H groups in total. The zero-order chi connectivity index (χ0) is 13.1. The molecule has 0 spiro atoms. The molecule has 0 atom stereocenters. The number of nitrogens with one attached hydrogen (secondary N) is 2. The highest BCUT2D eigenvalue weighted by molar-refractivity contribution is 5.40. The summed E-state index contributed by atoms with van der Waals surface area (Å²) in [6.45, 7) is 9.25. The molecule has 1 aromatic rings. The molecular weight excluding hydrogens is 219 g/mol. The summed E-state index contributed by atoms with van der Waals surface area (Å²) in [6, 6.07) is 0. The van der Waals surface area contributed by atoms with E-state index in [1.54, 1.807) is 7.05 Å². The molecule has 0 fully saturated rings. The Labute approximate surface area is 102 Å². The van der Waals surface area contributed by atoms with E-state index in [-0.39, 0.29) is 11.2 Å². The van der Waals surface area contributed by atoms with E-state index in [0.717, 1.165) is 0 Å². The van der Waals surface area contributed by atoms with Crippen molar-refractivity contribution in [3.05, 3.63) is 12.0 Å². The Bertz CT molecular complexity index is 377. The van der Waals surface area contributed by atoms with Gasteiger partial charge in [0.15, 0.2) is 11.6 Å². The van der Waals surface area contributed by atoms with Gasteiger partial charge in [0.1, 0.15) is 0 Å². The zero-order valence-electron chi connectivity index (χ0n) is 11.1. The Kier molecular flexibility index (Phi) is 4.26. The Balaban J connectivity index is 2.75. The fourth-order valence-corrected chi connectivity index (χ4v) is 1.13. The summed E-state index contributed by atoms with van der Waals surface area (Å²) in [7, 11) is 1.70. The van der Waals surface area contributed by atoms with Crippen molar-refractivity contribution in [3.8, 4) is 0 Å². The average Bonchev–Trinajstić information content (AvgIpc) is 2.28. The molecule has 0 saturated carbocycles. The molecule has 0 amide bonds. The number of anilines is 2. The summed E-state index contributed by atoms with van der Waals surface area (Å²) in [5.41, 5.74) is 0.0806. The van der Waals surface area contributed by atoms with Gasteiger partial charge >= 0.3 is 0 Å². The Morgan fingerprint density at radius 3 is 2.59 bits per heavy atom. The third-order valence-corrected chi connectivity index (χ3v) is 3.24. The summed E-state index contributed by atoms with van der Waals surface area (Å²) < 4.78 is 13.5. The van der Waals surface area contributed by atoms with E-state index in [0.29, 0.717) is 18.4 Å². The van der Waals surface area contributed by atoms with Crippen LogP contribution in [0.1, 0.15) is 27.7 Å². The Morgan fingerprint density at radius 2 is 2.06 bits per heavy atom. The van der Waals surface area contributed by atoms with E-state index in [4.69, 9.17) is 0 Å². The van der Waals surface area contributed by atoms with E-state index in [9.17, 15) is 4.39 Å². The van der Waals surface area contributed by atoms with Gasteiger partial charge < -0.3 is 10.6 Å². The third kappa shape index (κ3) is 3.54. The van der Waals surface area contributed by atoms with Crippen LogP contribution in [0.4, 0.5) is 16.2 Å². The van der Waals surface area contributed by atoms with Crippen molar-refractivity contribution >= 4 is 11.8 Å². The smallest absolute Gasteiger partial charge is 0.224 e. The van der Waals surface area contributed by atoms with E-state index < -0.39 is 5.82 Å². The van der Waals surface area contributed by atoms with Gasteiger partial charge in [-0.15, -0.1) is 0 Å². The number of rotatable bonds is 5. The molecule has 4 nitrogen and oxygen atoms in total. The van der Waals surface area contributed by atoms with Crippen LogP contribution >= 0.6 is 0 Å². The van der Waals surface area contributed by atoms with Crippen molar-refractivity contribution in [2.45, 2.75) is 27.7 Å². The first-order valence-electron chi connectivity index (χ1n) is 5.81. The Morgan fingerprint density at radius 1 is 1.41 bits per heavy atom. The molecule has 0 aliphatic rings. The van der Waals surface area contributed by atoms with Crippen molar-refractivity contribution in [1.82, 2.24) is 9.97 Å². The van der Waals surface area contributed by atoms with E-state index in [1.165, 1.54) is 6.20 Å². The van der Waals surface area contributed by atoms with Crippen LogP contribution in [0, 0.1) is 17.2 Å². The second kappa shape index (κ2) is 5.29. The van der Waals surface area contributed by atoms with Gasteiger partial charge in [0, 0.05) is 13.6 Å². The lowest BCUT2D eigenvalue weighted by Gasteiger charge is -2.29. The fraction of sp³-hybridized carbons (Fsp3) is 0.667. The largest absolute Gasteiger partial charge is 0.367 e. The van der Waals surface area contributed by atoms with Gasteiger partial charge in [0.05, 0.1) is 6.20 Å². The minimum atomic E-state index is -0.427. The molecule has 1 rings (SSSR count). The molecule has 0 aliphatic heterocycles. The SMILES string of the molecule is CNc1ncc(F)c(NCC(C)(C)C(C)C)n1. The van der Waals surface area contributed by atoms with Crippen LogP contribution in [0.25, 0.3) is 0 Å². The van der Waals surface area contributed by atoms with Crippen molar-refractivity contribution in [2.24, 2.45) is 11.3 Å². The van der Waals surface area contributed by atoms with E-state index >= 15 is 0 Å². The van der Waals surface area contributed by atoms with Crippen LogP contribution in [0.2, 0.25) is 0 Å². The van der Waals surface area contributed by atoms with Crippen LogP contribution < -0.4 is 10.6 Å². The first-order valence-corrected chi connectivity index (χ1v) is 5.81. The molecule has 1 heterocycles. The molecule has 1 aromatic heterocycles. The van der Waals surface area contributed by atoms with Crippen LogP contribution in [0.15, 0.2) is 6.20 Å². The number of halogens is 1. The highest BCUT2D eigenvalue weighted by Gasteiger charge is 2.22. The molecule has 96 valence electrons. The molecule has 0 aliphatic carbocycles. The maximum Gasteiger partial charge on any atom is 0.224 e. The first-order chi connectivity index (χ1) is 7.86. The number of hydrogen-bond donors (Lipinski definition) is 2. The van der Waals surface area contributed by atoms with Crippen LogP contribution in [-0.2, 0) is 0 Å². The number of aromatic nitrogens is 2. The molecule has 17 heavy (non-hydrogen) atoms. The maximum atomic E-state index is 13.5. The first kappa shape index (κ1) is 13.7. The third-order valence-electron chi connectivity index (χ3n) is 3.24. The molecule has 0 radical (unpaired) electrons. The summed E-state index contributed by atoms with van der Waals surface area (Å²) >= 11 is 0. The summed E-state index contributed by atoms with van der Waals surface area (Å²) in [5, 5.41) is 5.83. The predicted molar refractivity (Wildman–Crippen MR) is 68.6 cm³/mol. The van der Waals surface area contributed by atoms with E-state index in [1.807, 2.05) is 0 Å². The van der Waals surface area contributed by atoms with Gasteiger partial charge in [-0.05, 0) is 11.3 Å². The highest BCUT2D eigenvalue weighted by atomic mass is 19.1. The quantitative estimate of drug-likeness (QED) is 0.831. The van der Waals surface area contributed by atoms with Crippen LogP contribution in [0.5, 0.6) is 0 Å². The topological polar surface area (TPSA) is 49.8 Å². The molecule has 0 saturated heterocycles. The van der Waals surface area contributed by atoms with E-state index in [2.05, 4.69) is 48.3 Å². The lowest BCUT2D eigenvalue weighted by Crippen LogP contribution is -2.29. The van der Waals surface area contributed by atoms with Gasteiger partial charge in [-0.3, -0.25) is 0 Å². The molecule has 0 aromatic carbocycles. The summed E-state index contributed by atoms with van der Waals surface area (Å²) in [5.74, 6) is 0.738. The molecule has 0 unspecified atom stereocenters. The van der Waals surface area contributed by atoms with Crippen molar-refractivity contribution in [2.75, 3.05) is 24.2 Å². The van der Waals surface area contributed by atoms with Crippen molar-refractivity contribution in [1.29, 1.82) is 0 Å². The van der Waals surface area contributed by atoms with Crippen molar-refractivity contribution in [3.63, 3.8) is 0 Å². The summed E-state index contributed by atoms with van der Waals surface area (Å²) in [6.07, 6.45) is 1.17. The standard InChI is InChI=1S/C12H21FN4/c1-8(2)12(3,4)7-16-10-9(13)6-15-11(14-5)17-10/h6,8H,7H2,1-5H3,(H2,14,15,16,17). The molecular formula is C12H21FN4. The lowest BCUT2D eigenvalue weighted by atomic mass is 9.81. The van der Waals surface area contributed by atoms with Gasteiger partial charge in [0.25, 0.3) is 0 Å².